The van der Waals surface area contributed by atoms with E-state index in [-0.39, 0.29) is 6.10 Å². The average Bonchev–Trinajstić information content (AvgIpc) is 3.22. The second-order valence-corrected chi connectivity index (χ2v) is 11.0. The van der Waals surface area contributed by atoms with E-state index in [0.29, 0.717) is 17.6 Å². The summed E-state index contributed by atoms with van der Waals surface area (Å²) in [6.45, 7) is 0. The van der Waals surface area contributed by atoms with E-state index < -0.39 is 16.1 Å². The Bertz CT molecular complexity index is 1130. The quantitative estimate of drug-likeness (QED) is 0.667. The summed E-state index contributed by atoms with van der Waals surface area (Å²) in [5, 5.41) is 2.79. The number of rotatable bonds is 6. The van der Waals surface area contributed by atoms with E-state index in [1.54, 1.807) is 6.20 Å². The molecule has 1 heterocycles. The van der Waals surface area contributed by atoms with Crippen LogP contribution in [0.4, 0.5) is 10.5 Å². The molecule has 1 saturated carbocycles. The zero-order chi connectivity index (χ0) is 23.6. The molecular weight excluding hydrogens is 440 g/mol. The fourth-order valence-corrected chi connectivity index (χ4v) is 5.24. The predicted molar refractivity (Wildman–Crippen MR) is 129 cm³/mol. The topological polar surface area (TPSA) is 101 Å². The van der Waals surface area contributed by atoms with Gasteiger partial charge in [0, 0.05) is 23.9 Å². The minimum Gasteiger partial charge on any atom is -0.474 e. The van der Waals surface area contributed by atoms with Gasteiger partial charge in [0.25, 0.3) is 0 Å². The van der Waals surface area contributed by atoms with E-state index in [2.05, 4.69) is 35.4 Å². The molecule has 8 nitrogen and oxygen atoms in total. The van der Waals surface area contributed by atoms with Gasteiger partial charge in [-0.25, -0.2) is 22.9 Å². The van der Waals surface area contributed by atoms with Crippen LogP contribution in [0.1, 0.15) is 43.2 Å². The van der Waals surface area contributed by atoms with Crippen LogP contribution >= 0.6 is 0 Å². The van der Waals surface area contributed by atoms with E-state index in [4.69, 9.17) is 4.74 Å². The third-order valence-electron chi connectivity index (χ3n) is 6.51. The molecule has 0 bridgehead atoms. The molecule has 2 N–H and O–H groups in total. The molecule has 4 rings (SSSR count). The summed E-state index contributed by atoms with van der Waals surface area (Å²) in [4.78, 5) is 19.1. The maximum atomic E-state index is 12.4. The molecule has 2 aromatic rings. The summed E-state index contributed by atoms with van der Waals surface area (Å²) in [7, 11) is 0.578. The number of anilines is 1. The van der Waals surface area contributed by atoms with Crippen molar-refractivity contribution in [2.24, 2.45) is 0 Å². The van der Waals surface area contributed by atoms with Crippen LogP contribution in [0.15, 0.2) is 30.5 Å². The van der Waals surface area contributed by atoms with Crippen molar-refractivity contribution in [3.63, 3.8) is 0 Å². The first-order valence-electron chi connectivity index (χ1n) is 11.4. The Labute approximate surface area is 195 Å². The maximum Gasteiger partial charge on any atom is 0.332 e. The average molecular weight is 473 g/mol. The van der Waals surface area contributed by atoms with Crippen LogP contribution in [0.25, 0.3) is 11.1 Å². The number of urea groups is 1. The SMILES string of the molecule is CN(C)C1CCC(Oc2cc(-c3ccc4c(c3NC(=O)NS(C)(=O)=O)CCC4)ccn2)CC1. The highest BCUT2D eigenvalue weighted by molar-refractivity contribution is 7.89. The summed E-state index contributed by atoms with van der Waals surface area (Å²) in [5.41, 5.74) is 4.57. The van der Waals surface area contributed by atoms with Crippen molar-refractivity contribution < 1.29 is 17.9 Å². The molecule has 2 amide bonds. The summed E-state index contributed by atoms with van der Waals surface area (Å²) >= 11 is 0. The van der Waals surface area contributed by atoms with Gasteiger partial charge in [-0.3, -0.25) is 0 Å². The highest BCUT2D eigenvalue weighted by Crippen LogP contribution is 2.38. The third kappa shape index (κ3) is 5.83. The lowest BCUT2D eigenvalue weighted by molar-refractivity contribution is 0.107. The Kier molecular flexibility index (Phi) is 6.90. The van der Waals surface area contributed by atoms with Gasteiger partial charge in [-0.1, -0.05) is 12.1 Å². The number of amides is 2. The summed E-state index contributed by atoms with van der Waals surface area (Å²) in [5.74, 6) is 0.563. The zero-order valence-electron chi connectivity index (χ0n) is 19.4. The number of sulfonamides is 1. The predicted octanol–water partition coefficient (Wildman–Crippen LogP) is 3.57. The van der Waals surface area contributed by atoms with Crippen LogP contribution in [-0.2, 0) is 22.9 Å². The molecule has 0 saturated heterocycles. The monoisotopic (exact) mass is 472 g/mol. The zero-order valence-corrected chi connectivity index (χ0v) is 20.2. The second kappa shape index (κ2) is 9.69. The first-order valence-corrected chi connectivity index (χ1v) is 13.3. The molecule has 1 aromatic heterocycles. The van der Waals surface area contributed by atoms with Gasteiger partial charge in [-0.05, 0) is 81.8 Å². The second-order valence-electron chi connectivity index (χ2n) is 9.20. The minimum absolute atomic E-state index is 0.141. The molecule has 0 aliphatic heterocycles. The minimum atomic E-state index is -3.66. The van der Waals surface area contributed by atoms with Gasteiger partial charge in [0.1, 0.15) is 6.10 Å². The van der Waals surface area contributed by atoms with E-state index in [0.717, 1.165) is 67.9 Å². The largest absolute Gasteiger partial charge is 0.474 e. The van der Waals surface area contributed by atoms with Crippen molar-refractivity contribution in [3.05, 3.63) is 41.6 Å². The number of aromatic nitrogens is 1. The van der Waals surface area contributed by atoms with Crippen LogP contribution in [0, 0.1) is 0 Å². The number of carbonyl (C=O) groups excluding carboxylic acids is 1. The van der Waals surface area contributed by atoms with E-state index >= 15 is 0 Å². The first-order chi connectivity index (χ1) is 15.7. The molecule has 0 unspecified atom stereocenters. The van der Waals surface area contributed by atoms with Gasteiger partial charge in [0.05, 0.1) is 11.9 Å². The van der Waals surface area contributed by atoms with Crippen LogP contribution in [0.5, 0.6) is 5.88 Å². The van der Waals surface area contributed by atoms with Crippen molar-refractivity contribution in [2.75, 3.05) is 25.7 Å². The highest BCUT2D eigenvalue weighted by atomic mass is 32.2. The molecule has 9 heteroatoms. The van der Waals surface area contributed by atoms with Crippen molar-refractivity contribution in [3.8, 4) is 17.0 Å². The van der Waals surface area contributed by atoms with Gasteiger partial charge in [-0.15, -0.1) is 0 Å². The van der Waals surface area contributed by atoms with Crippen LogP contribution in [0.3, 0.4) is 0 Å². The molecule has 1 fully saturated rings. The molecule has 178 valence electrons. The molecular formula is C24H32N4O4S. The number of hydrogen-bond acceptors (Lipinski definition) is 6. The Morgan fingerprint density at radius 3 is 2.58 bits per heavy atom. The van der Waals surface area contributed by atoms with E-state index in [1.165, 1.54) is 5.56 Å². The number of benzene rings is 1. The van der Waals surface area contributed by atoms with Gasteiger partial charge in [-0.2, -0.15) is 0 Å². The van der Waals surface area contributed by atoms with Crippen LogP contribution < -0.4 is 14.8 Å². The number of carbonyl (C=O) groups is 1. The molecule has 33 heavy (non-hydrogen) atoms. The van der Waals surface area contributed by atoms with Gasteiger partial charge in [0.2, 0.25) is 15.9 Å². The molecule has 2 aliphatic rings. The molecule has 2 aliphatic carbocycles. The lowest BCUT2D eigenvalue weighted by atomic mass is 9.92. The Morgan fingerprint density at radius 1 is 1.12 bits per heavy atom. The number of hydrogen-bond donors (Lipinski definition) is 2. The standard InChI is InChI=1S/C24H32N4O4S/c1-28(2)18-8-10-19(11-9-18)32-22-15-17(13-14-25-22)21-12-7-16-5-4-6-20(16)23(21)26-24(29)27-33(3,30)31/h7,12-15,18-19H,4-6,8-11H2,1-3H3,(H2,26,27,29). The lowest BCUT2D eigenvalue weighted by Gasteiger charge is -2.32. The van der Waals surface area contributed by atoms with E-state index in [1.807, 2.05) is 22.9 Å². The number of nitrogens with one attached hydrogen (secondary N) is 2. The molecule has 1 aromatic carbocycles. The van der Waals surface area contributed by atoms with Crippen molar-refractivity contribution >= 4 is 21.7 Å². The van der Waals surface area contributed by atoms with E-state index in [9.17, 15) is 13.2 Å². The number of fused-ring (bicyclic) bond motifs is 1. The van der Waals surface area contributed by atoms with Gasteiger partial charge < -0.3 is 15.0 Å². The third-order valence-corrected chi connectivity index (χ3v) is 7.06. The molecule has 0 atom stereocenters. The molecule has 0 spiro atoms. The van der Waals surface area contributed by atoms with Gasteiger partial charge in [0.15, 0.2) is 0 Å². The number of pyridine rings is 1. The number of ether oxygens (including phenoxy) is 1. The molecule has 0 radical (unpaired) electrons. The fraction of sp³-hybridized carbons (Fsp3) is 0.500. The number of nitrogens with zero attached hydrogens (tertiary/aromatic N) is 2. The maximum absolute atomic E-state index is 12.4. The lowest BCUT2D eigenvalue weighted by Crippen LogP contribution is -2.35. The summed E-state index contributed by atoms with van der Waals surface area (Å²) < 4.78 is 31.2. The Balaban J connectivity index is 1.57. The van der Waals surface area contributed by atoms with Crippen molar-refractivity contribution in [1.29, 1.82) is 0 Å². The first kappa shape index (κ1) is 23.5. The van der Waals surface area contributed by atoms with Crippen LogP contribution in [0.2, 0.25) is 0 Å². The van der Waals surface area contributed by atoms with Crippen LogP contribution in [-0.4, -0.2) is 56.8 Å². The smallest absolute Gasteiger partial charge is 0.332 e. The Morgan fingerprint density at radius 2 is 1.88 bits per heavy atom. The normalized spacial score (nSPS) is 20.4. The van der Waals surface area contributed by atoms with Crippen molar-refractivity contribution in [2.45, 2.75) is 57.1 Å². The van der Waals surface area contributed by atoms with Crippen molar-refractivity contribution in [1.82, 2.24) is 14.6 Å². The summed E-state index contributed by atoms with van der Waals surface area (Å²) in [6.07, 6.45) is 9.78. The van der Waals surface area contributed by atoms with Gasteiger partial charge >= 0.3 is 6.03 Å². The Hall–Kier alpha value is -2.65. The highest BCUT2D eigenvalue weighted by Gasteiger charge is 2.25. The fourth-order valence-electron chi connectivity index (χ4n) is 4.85. The summed E-state index contributed by atoms with van der Waals surface area (Å²) in [6, 6.07) is 7.67. The number of aryl methyl sites for hydroxylation is 1.